The van der Waals surface area contributed by atoms with Crippen LogP contribution in [0.25, 0.3) is 101 Å². The zero-order valence-electron chi connectivity index (χ0n) is 26.1. The van der Waals surface area contributed by atoms with Crippen LogP contribution in [0.3, 0.4) is 0 Å². The molecule has 5 heteroatoms. The third-order valence-corrected chi connectivity index (χ3v) is 12.1. The van der Waals surface area contributed by atoms with Crippen molar-refractivity contribution < 1.29 is 0 Å². The molecule has 0 spiro atoms. The molecule has 3 nitrogen and oxygen atoms in total. The minimum absolute atomic E-state index is 0.886. The molecule has 0 aliphatic carbocycles. The van der Waals surface area contributed by atoms with Crippen LogP contribution in [0.2, 0.25) is 0 Å². The van der Waals surface area contributed by atoms with E-state index in [1.54, 1.807) is 0 Å². The first kappa shape index (κ1) is 27.1. The van der Waals surface area contributed by atoms with Gasteiger partial charge in [-0.15, -0.1) is 22.7 Å². The highest BCUT2D eigenvalue weighted by molar-refractivity contribution is 7.30. The molecule has 0 bridgehead atoms. The number of rotatable bonds is 3. The van der Waals surface area contributed by atoms with Crippen LogP contribution in [0.4, 0.5) is 0 Å². The molecule has 4 aromatic heterocycles. The molecule has 0 radical (unpaired) electrons. The van der Waals surface area contributed by atoms with Crippen molar-refractivity contribution in [3.8, 4) is 28.2 Å². The van der Waals surface area contributed by atoms with E-state index in [9.17, 15) is 0 Å². The van der Waals surface area contributed by atoms with Gasteiger partial charge in [0, 0.05) is 63.2 Å². The third kappa shape index (κ3) is 3.88. The molecule has 4 heterocycles. The highest BCUT2D eigenvalue weighted by Gasteiger charge is 2.24. The molecule has 0 amide bonds. The Morgan fingerprint density at radius 2 is 0.939 bits per heavy atom. The van der Waals surface area contributed by atoms with Crippen molar-refractivity contribution in [2.24, 2.45) is 0 Å². The molecule has 11 aromatic rings. The highest BCUT2D eigenvalue weighted by atomic mass is 32.1. The Labute approximate surface area is 289 Å². The minimum atomic E-state index is 0.886. The lowest BCUT2D eigenvalue weighted by Crippen LogP contribution is -1.97. The SMILES string of the molecule is c1ccc(-c2nc3ccccc3nc2-c2ccc(-n3c4ccccc4c4c5c6ccccc6sc5c5c6ccccc6sc5c43)cc2)cc1. The van der Waals surface area contributed by atoms with E-state index >= 15 is 0 Å². The van der Waals surface area contributed by atoms with Crippen molar-refractivity contribution >= 4 is 95.9 Å². The molecule has 11 rings (SSSR count). The lowest BCUT2D eigenvalue weighted by Gasteiger charge is -2.13. The van der Waals surface area contributed by atoms with E-state index in [-0.39, 0.29) is 0 Å². The smallest absolute Gasteiger partial charge is 0.0973 e. The summed E-state index contributed by atoms with van der Waals surface area (Å²) in [4.78, 5) is 10.3. The van der Waals surface area contributed by atoms with Gasteiger partial charge in [-0.2, -0.15) is 0 Å². The number of hydrogen-bond acceptors (Lipinski definition) is 4. The second kappa shape index (κ2) is 10.3. The number of para-hydroxylation sites is 3. The van der Waals surface area contributed by atoms with Gasteiger partial charge in [0.05, 0.1) is 38.2 Å². The standard InChI is InChI=1S/C44H25N3S2/c1-2-12-26(13-3-1)40-41(46-33-18-8-7-17-32(33)45-40)27-22-24-28(25-23-27)47-34-19-9-4-14-29(34)37-38-30-15-5-10-20-35(30)48-43(38)39-31-16-6-11-21-36(31)49-44(39)42(37)47/h1-25H. The van der Waals surface area contributed by atoms with Crippen LogP contribution in [0.5, 0.6) is 0 Å². The van der Waals surface area contributed by atoms with Crippen LogP contribution in [0, 0.1) is 0 Å². The largest absolute Gasteiger partial charge is 0.308 e. The number of thiophene rings is 2. The molecule has 0 aliphatic heterocycles. The molecule has 0 unspecified atom stereocenters. The summed E-state index contributed by atoms with van der Waals surface area (Å²) in [6.07, 6.45) is 0. The molecule has 0 aliphatic rings. The van der Waals surface area contributed by atoms with Crippen molar-refractivity contribution in [1.29, 1.82) is 0 Å². The maximum atomic E-state index is 5.17. The van der Waals surface area contributed by atoms with Gasteiger partial charge >= 0.3 is 0 Å². The van der Waals surface area contributed by atoms with Gasteiger partial charge in [0.25, 0.3) is 0 Å². The molecule has 0 N–H and O–H groups in total. The van der Waals surface area contributed by atoms with Gasteiger partial charge in [-0.1, -0.05) is 109 Å². The fourth-order valence-corrected chi connectivity index (χ4v) is 10.2. The summed E-state index contributed by atoms with van der Waals surface area (Å²) in [5.74, 6) is 0. The second-order valence-electron chi connectivity index (χ2n) is 12.5. The molecule has 49 heavy (non-hydrogen) atoms. The zero-order chi connectivity index (χ0) is 32.1. The Morgan fingerprint density at radius 3 is 1.63 bits per heavy atom. The average molecular weight is 660 g/mol. The second-order valence-corrected chi connectivity index (χ2v) is 14.6. The summed E-state index contributed by atoms with van der Waals surface area (Å²) in [6.45, 7) is 0. The summed E-state index contributed by atoms with van der Waals surface area (Å²) < 4.78 is 7.85. The molecule has 0 saturated heterocycles. The van der Waals surface area contributed by atoms with Crippen LogP contribution in [-0.4, -0.2) is 14.5 Å². The molecule has 0 atom stereocenters. The van der Waals surface area contributed by atoms with E-state index in [0.717, 1.165) is 39.2 Å². The zero-order valence-corrected chi connectivity index (χ0v) is 27.7. The monoisotopic (exact) mass is 659 g/mol. The topological polar surface area (TPSA) is 30.7 Å². The normalized spacial score (nSPS) is 12.1. The molecule has 0 fully saturated rings. The Kier molecular flexibility index (Phi) is 5.70. The van der Waals surface area contributed by atoms with Crippen molar-refractivity contribution in [3.05, 3.63) is 152 Å². The summed E-state index contributed by atoms with van der Waals surface area (Å²) in [6, 6.07) is 54.1. The van der Waals surface area contributed by atoms with Crippen LogP contribution in [0.15, 0.2) is 152 Å². The van der Waals surface area contributed by atoms with E-state index in [1.807, 2.05) is 53.0 Å². The number of fused-ring (bicyclic) bond motifs is 13. The van der Waals surface area contributed by atoms with E-state index in [1.165, 1.54) is 62.2 Å². The first-order valence-corrected chi connectivity index (χ1v) is 18.1. The molecule has 228 valence electrons. The maximum absolute atomic E-state index is 5.17. The first-order chi connectivity index (χ1) is 24.3. The van der Waals surface area contributed by atoms with Gasteiger partial charge in [-0.05, 0) is 42.5 Å². The van der Waals surface area contributed by atoms with E-state index < -0.39 is 0 Å². The van der Waals surface area contributed by atoms with Gasteiger partial charge in [0.1, 0.15) is 0 Å². The quantitative estimate of drug-likeness (QED) is 0.189. The summed E-state index contributed by atoms with van der Waals surface area (Å²) in [5.41, 5.74) is 9.27. The molecule has 7 aromatic carbocycles. The lowest BCUT2D eigenvalue weighted by molar-refractivity contribution is 1.19. The van der Waals surface area contributed by atoms with Crippen LogP contribution < -0.4 is 0 Å². The van der Waals surface area contributed by atoms with Gasteiger partial charge < -0.3 is 4.57 Å². The number of benzene rings is 7. The van der Waals surface area contributed by atoms with Crippen molar-refractivity contribution in [1.82, 2.24) is 14.5 Å². The maximum Gasteiger partial charge on any atom is 0.0973 e. The van der Waals surface area contributed by atoms with E-state index in [2.05, 4.69) is 126 Å². The van der Waals surface area contributed by atoms with Gasteiger partial charge in [0.2, 0.25) is 0 Å². The van der Waals surface area contributed by atoms with Crippen LogP contribution in [0.1, 0.15) is 0 Å². The highest BCUT2D eigenvalue weighted by Crippen LogP contribution is 2.52. The summed E-state index contributed by atoms with van der Waals surface area (Å²) in [5, 5.41) is 7.99. The minimum Gasteiger partial charge on any atom is -0.308 e. The number of nitrogens with zero attached hydrogens (tertiary/aromatic N) is 3. The van der Waals surface area contributed by atoms with Gasteiger partial charge in [0.15, 0.2) is 0 Å². The van der Waals surface area contributed by atoms with Crippen LogP contribution >= 0.6 is 22.7 Å². The Morgan fingerprint density at radius 1 is 0.408 bits per heavy atom. The fraction of sp³-hybridized carbons (Fsp3) is 0. The van der Waals surface area contributed by atoms with Crippen molar-refractivity contribution in [2.75, 3.05) is 0 Å². The molecular formula is C44H25N3S2. The summed E-state index contributed by atoms with van der Waals surface area (Å²) >= 11 is 3.83. The number of aromatic nitrogens is 3. The third-order valence-electron chi connectivity index (χ3n) is 9.77. The Balaban J connectivity index is 1.22. The van der Waals surface area contributed by atoms with Gasteiger partial charge in [-0.25, -0.2) is 9.97 Å². The fourth-order valence-electron chi connectivity index (χ4n) is 7.65. The lowest BCUT2D eigenvalue weighted by atomic mass is 10.0. The predicted octanol–water partition coefficient (Wildman–Crippen LogP) is 12.8. The van der Waals surface area contributed by atoms with Crippen molar-refractivity contribution in [3.63, 3.8) is 0 Å². The van der Waals surface area contributed by atoms with Crippen LogP contribution in [-0.2, 0) is 0 Å². The molecular weight excluding hydrogens is 635 g/mol. The Hall–Kier alpha value is -5.88. The first-order valence-electron chi connectivity index (χ1n) is 16.4. The van der Waals surface area contributed by atoms with Gasteiger partial charge in [-0.3, -0.25) is 0 Å². The predicted molar refractivity (Wildman–Crippen MR) is 211 cm³/mol. The van der Waals surface area contributed by atoms with E-state index in [4.69, 9.17) is 9.97 Å². The van der Waals surface area contributed by atoms with E-state index in [0.29, 0.717) is 0 Å². The number of hydrogen-bond donors (Lipinski definition) is 0. The van der Waals surface area contributed by atoms with Crippen molar-refractivity contribution in [2.45, 2.75) is 0 Å². The Bertz CT molecular complexity index is 3090. The molecule has 0 saturated carbocycles. The summed E-state index contributed by atoms with van der Waals surface area (Å²) in [7, 11) is 0. The average Bonchev–Trinajstić information content (AvgIpc) is 3.84.